The van der Waals surface area contributed by atoms with Crippen molar-refractivity contribution < 1.29 is 14.3 Å². The molecule has 3 aliphatic rings. The van der Waals surface area contributed by atoms with Gasteiger partial charge in [-0.2, -0.15) is 5.10 Å². The van der Waals surface area contributed by atoms with Gasteiger partial charge in [-0.15, -0.1) is 11.3 Å². The van der Waals surface area contributed by atoms with Crippen LogP contribution in [0.3, 0.4) is 0 Å². The summed E-state index contributed by atoms with van der Waals surface area (Å²) in [6, 6.07) is 3.29. The van der Waals surface area contributed by atoms with E-state index in [-0.39, 0.29) is 11.9 Å². The minimum absolute atomic E-state index is 0.0672. The van der Waals surface area contributed by atoms with Crippen LogP contribution in [0.25, 0.3) is 10.2 Å². The molecule has 2 aromatic rings. The van der Waals surface area contributed by atoms with E-state index >= 15 is 0 Å². The number of thiophene rings is 1. The lowest BCUT2D eigenvalue weighted by molar-refractivity contribution is 0.00665. The fourth-order valence-electron chi connectivity index (χ4n) is 5.21. The van der Waals surface area contributed by atoms with E-state index in [1.54, 1.807) is 11.3 Å². The molecule has 0 radical (unpaired) electrons. The lowest BCUT2D eigenvalue weighted by atomic mass is 9.90. The maximum absolute atomic E-state index is 12.9. The predicted molar refractivity (Wildman–Crippen MR) is 117 cm³/mol. The Morgan fingerprint density at radius 1 is 1.13 bits per heavy atom. The van der Waals surface area contributed by atoms with Gasteiger partial charge in [0.25, 0.3) is 5.91 Å². The second-order valence-electron chi connectivity index (χ2n) is 9.00. The number of amides is 1. The Bertz CT molecular complexity index is 867. The van der Waals surface area contributed by atoms with Gasteiger partial charge in [0.2, 0.25) is 0 Å². The molecule has 0 bridgehead atoms. The summed E-state index contributed by atoms with van der Waals surface area (Å²) in [4.78, 5) is 17.4. The highest BCUT2D eigenvalue weighted by atomic mass is 32.1. The highest BCUT2D eigenvalue weighted by Crippen LogP contribution is 2.33. The molecule has 4 heterocycles. The molecule has 2 saturated heterocycles. The van der Waals surface area contributed by atoms with Gasteiger partial charge in [-0.1, -0.05) is 6.92 Å². The number of morpholine rings is 1. The Labute approximate surface area is 181 Å². The van der Waals surface area contributed by atoms with Crippen LogP contribution in [0.1, 0.15) is 54.7 Å². The van der Waals surface area contributed by atoms with E-state index in [9.17, 15) is 4.79 Å². The van der Waals surface area contributed by atoms with Crippen LogP contribution in [0.5, 0.6) is 0 Å². The summed E-state index contributed by atoms with van der Waals surface area (Å²) < 4.78 is 13.2. The normalized spacial score (nSPS) is 31.1. The van der Waals surface area contributed by atoms with Crippen molar-refractivity contribution in [3.05, 3.63) is 17.1 Å². The number of nitrogens with one attached hydrogen (secondary N) is 1. The minimum Gasteiger partial charge on any atom is -0.381 e. The SMILES string of the molecule is CC1COCCC1n1ncc2cc(C(=O)N[C@H]3CC[C@H](N4CCOCC4)CC3)sc21. The Balaban J connectivity index is 1.20. The van der Waals surface area contributed by atoms with E-state index in [2.05, 4.69) is 26.9 Å². The molecule has 3 fully saturated rings. The molecule has 1 aliphatic carbocycles. The van der Waals surface area contributed by atoms with Gasteiger partial charge < -0.3 is 14.8 Å². The quantitative estimate of drug-likeness (QED) is 0.804. The van der Waals surface area contributed by atoms with E-state index in [4.69, 9.17) is 9.47 Å². The molecule has 1 saturated carbocycles. The number of carbonyl (C=O) groups is 1. The molecule has 2 unspecified atom stereocenters. The van der Waals surface area contributed by atoms with Crippen LogP contribution in [0.2, 0.25) is 0 Å². The first kappa shape index (κ1) is 20.4. The van der Waals surface area contributed by atoms with Crippen LogP contribution < -0.4 is 5.32 Å². The summed E-state index contributed by atoms with van der Waals surface area (Å²) in [6.45, 7) is 7.57. The van der Waals surface area contributed by atoms with Crippen molar-refractivity contribution in [2.24, 2.45) is 5.92 Å². The van der Waals surface area contributed by atoms with Crippen molar-refractivity contribution in [1.29, 1.82) is 0 Å². The monoisotopic (exact) mass is 432 g/mol. The van der Waals surface area contributed by atoms with Crippen molar-refractivity contribution in [3.63, 3.8) is 0 Å². The van der Waals surface area contributed by atoms with E-state index in [1.165, 1.54) is 0 Å². The maximum atomic E-state index is 12.9. The molecule has 2 atom stereocenters. The summed E-state index contributed by atoms with van der Waals surface area (Å²) in [5, 5.41) is 8.99. The average Bonchev–Trinajstić information content (AvgIpc) is 3.37. The predicted octanol–water partition coefficient (Wildman–Crippen LogP) is 3.07. The third kappa shape index (κ3) is 4.15. The number of ether oxygens (including phenoxy) is 2. The van der Waals surface area contributed by atoms with Gasteiger partial charge in [-0.05, 0) is 38.2 Å². The fraction of sp³-hybridized carbons (Fsp3) is 0.727. The highest BCUT2D eigenvalue weighted by molar-refractivity contribution is 7.20. The number of rotatable bonds is 4. The highest BCUT2D eigenvalue weighted by Gasteiger charge is 2.29. The Kier molecular flexibility index (Phi) is 6.09. The topological polar surface area (TPSA) is 68.6 Å². The second-order valence-corrected chi connectivity index (χ2v) is 10.0. The fourth-order valence-corrected chi connectivity index (χ4v) is 6.26. The van der Waals surface area contributed by atoms with Gasteiger partial charge in [-0.3, -0.25) is 14.4 Å². The molecule has 0 aromatic carbocycles. The van der Waals surface area contributed by atoms with Crippen molar-refractivity contribution in [1.82, 2.24) is 20.0 Å². The molecule has 2 aliphatic heterocycles. The van der Waals surface area contributed by atoms with Crippen LogP contribution in [-0.2, 0) is 9.47 Å². The first-order chi connectivity index (χ1) is 14.7. The molecular formula is C22H32N4O3S. The van der Waals surface area contributed by atoms with Crippen LogP contribution in [0.4, 0.5) is 0 Å². The first-order valence-electron chi connectivity index (χ1n) is 11.4. The molecule has 8 heteroatoms. The zero-order valence-electron chi connectivity index (χ0n) is 17.7. The lowest BCUT2D eigenvalue weighted by Gasteiger charge is -2.38. The van der Waals surface area contributed by atoms with Gasteiger partial charge >= 0.3 is 0 Å². The zero-order valence-corrected chi connectivity index (χ0v) is 18.5. The van der Waals surface area contributed by atoms with Gasteiger partial charge in [0.15, 0.2) is 0 Å². The molecule has 164 valence electrons. The van der Waals surface area contributed by atoms with E-state index in [0.717, 1.165) is 86.7 Å². The second kappa shape index (κ2) is 8.94. The molecular weight excluding hydrogens is 400 g/mol. The molecule has 7 nitrogen and oxygen atoms in total. The molecule has 2 aromatic heterocycles. The van der Waals surface area contributed by atoms with E-state index < -0.39 is 0 Å². The summed E-state index contributed by atoms with van der Waals surface area (Å²) in [7, 11) is 0. The number of nitrogens with zero attached hydrogens (tertiary/aromatic N) is 3. The summed E-state index contributed by atoms with van der Waals surface area (Å²) in [5.41, 5.74) is 0. The van der Waals surface area contributed by atoms with Crippen molar-refractivity contribution >= 4 is 27.5 Å². The van der Waals surface area contributed by atoms with Crippen molar-refractivity contribution in [2.45, 2.75) is 57.2 Å². The number of carbonyl (C=O) groups excluding carboxylic acids is 1. The molecule has 5 rings (SSSR count). The van der Waals surface area contributed by atoms with Gasteiger partial charge in [0.1, 0.15) is 4.83 Å². The van der Waals surface area contributed by atoms with Crippen LogP contribution in [-0.4, -0.2) is 72.2 Å². The van der Waals surface area contributed by atoms with Crippen molar-refractivity contribution in [3.8, 4) is 0 Å². The molecule has 30 heavy (non-hydrogen) atoms. The molecule has 0 spiro atoms. The van der Waals surface area contributed by atoms with E-state index in [1.807, 2.05) is 12.3 Å². The third-order valence-corrected chi connectivity index (χ3v) is 8.14. The summed E-state index contributed by atoms with van der Waals surface area (Å²) >= 11 is 1.57. The van der Waals surface area contributed by atoms with Crippen LogP contribution in [0, 0.1) is 5.92 Å². The Morgan fingerprint density at radius 2 is 1.93 bits per heavy atom. The lowest BCUT2D eigenvalue weighted by Crippen LogP contribution is -2.47. The average molecular weight is 433 g/mol. The Hall–Kier alpha value is -1.48. The largest absolute Gasteiger partial charge is 0.381 e. The standard InChI is InChI=1S/C22H32N4O3S/c1-15-14-29-9-6-19(15)26-22-16(13-23-26)12-20(30-22)21(27)24-17-2-4-18(5-3-17)25-7-10-28-11-8-25/h12-13,15,17-19H,2-11,14H2,1H3,(H,24,27)/t15?,17-,18-,19?. The van der Waals surface area contributed by atoms with Crippen LogP contribution >= 0.6 is 11.3 Å². The van der Waals surface area contributed by atoms with Gasteiger partial charge in [-0.25, -0.2) is 0 Å². The number of hydrogen-bond acceptors (Lipinski definition) is 6. The number of aromatic nitrogens is 2. The third-order valence-electron chi connectivity index (χ3n) is 7.00. The van der Waals surface area contributed by atoms with E-state index in [0.29, 0.717) is 18.0 Å². The first-order valence-corrected chi connectivity index (χ1v) is 12.2. The minimum atomic E-state index is 0.0672. The Morgan fingerprint density at radius 3 is 2.70 bits per heavy atom. The zero-order chi connectivity index (χ0) is 20.5. The maximum Gasteiger partial charge on any atom is 0.261 e. The van der Waals surface area contributed by atoms with Gasteiger partial charge in [0.05, 0.1) is 36.9 Å². The molecule has 1 N–H and O–H groups in total. The summed E-state index contributed by atoms with van der Waals surface area (Å²) in [5.74, 6) is 0.500. The number of fused-ring (bicyclic) bond motifs is 1. The van der Waals surface area contributed by atoms with Gasteiger partial charge in [0, 0.05) is 43.1 Å². The molecule has 1 amide bonds. The smallest absolute Gasteiger partial charge is 0.261 e. The van der Waals surface area contributed by atoms with Crippen LogP contribution in [0.15, 0.2) is 12.3 Å². The number of hydrogen-bond donors (Lipinski definition) is 1. The van der Waals surface area contributed by atoms with Crippen molar-refractivity contribution in [2.75, 3.05) is 39.5 Å². The summed E-state index contributed by atoms with van der Waals surface area (Å²) in [6.07, 6.45) is 7.32.